The number of aliphatic carboxylic acids is 1. The molecule has 0 atom stereocenters. The average molecular weight is 529 g/mol. The van der Waals surface area contributed by atoms with Gasteiger partial charge in [-0.1, -0.05) is 39.0 Å². The first kappa shape index (κ1) is 27.2. The molecule has 7 nitrogen and oxygen atoms in total. The van der Waals surface area contributed by atoms with Gasteiger partial charge >= 0.3 is 5.97 Å². The van der Waals surface area contributed by atoms with Crippen LogP contribution in [0.4, 0.5) is 0 Å². The number of carbonyl (C=O) groups is 1. The Morgan fingerprint density at radius 2 is 1.84 bits per heavy atom. The van der Waals surface area contributed by atoms with E-state index in [1.807, 2.05) is 36.4 Å². The van der Waals surface area contributed by atoms with Gasteiger partial charge < -0.3 is 14.4 Å². The zero-order chi connectivity index (χ0) is 27.5. The molecular weight excluding hydrogens is 496 g/mol. The molecule has 0 bridgehead atoms. The maximum Gasteiger partial charge on any atom is 0.309 e. The molecule has 0 aliphatic rings. The Kier molecular flexibility index (Phi) is 7.79. The molecular formula is C30H32N4O3S. The van der Waals surface area contributed by atoms with Gasteiger partial charge in [0.15, 0.2) is 0 Å². The number of thioether (sulfide) groups is 1. The van der Waals surface area contributed by atoms with Gasteiger partial charge in [-0.05, 0) is 49.7 Å². The topological polar surface area (TPSA) is 101 Å². The second-order valence-electron chi connectivity index (χ2n) is 10.9. The summed E-state index contributed by atoms with van der Waals surface area (Å²) >= 11 is 1.71. The number of ether oxygens (including phenoxy) is 1. The monoisotopic (exact) mass is 528 g/mol. The number of nitrogens with zero attached hydrogens (tertiary/aromatic N) is 4. The highest BCUT2D eigenvalue weighted by molar-refractivity contribution is 8.00. The van der Waals surface area contributed by atoms with Crippen molar-refractivity contribution in [2.24, 2.45) is 5.41 Å². The molecule has 0 amide bonds. The number of carboxylic acid groups (broad SMARTS) is 1. The number of carboxylic acids is 1. The predicted octanol–water partition coefficient (Wildman–Crippen LogP) is 6.47. The van der Waals surface area contributed by atoms with Crippen LogP contribution in [0.15, 0.2) is 65.8 Å². The summed E-state index contributed by atoms with van der Waals surface area (Å²) < 4.78 is 8.03. The van der Waals surface area contributed by atoms with Crippen LogP contribution in [0.2, 0.25) is 0 Å². The van der Waals surface area contributed by atoms with Crippen molar-refractivity contribution < 1.29 is 14.6 Å². The van der Waals surface area contributed by atoms with Crippen molar-refractivity contribution in [3.8, 4) is 11.8 Å². The fourth-order valence-electron chi connectivity index (χ4n) is 4.07. The van der Waals surface area contributed by atoms with Crippen molar-refractivity contribution in [2.45, 2.75) is 63.8 Å². The Bertz CT molecular complexity index is 1480. The normalized spacial score (nSPS) is 11.9. The summed E-state index contributed by atoms with van der Waals surface area (Å²) in [4.78, 5) is 22.3. The van der Waals surface area contributed by atoms with Crippen LogP contribution in [0, 0.1) is 16.7 Å². The molecule has 4 rings (SSSR count). The van der Waals surface area contributed by atoms with Gasteiger partial charge in [-0.2, -0.15) is 5.26 Å². The molecule has 0 fully saturated rings. The maximum atomic E-state index is 12.2. The molecule has 4 aromatic rings. The number of aromatic nitrogens is 3. The zero-order valence-corrected chi connectivity index (χ0v) is 23.2. The smallest absolute Gasteiger partial charge is 0.309 e. The summed E-state index contributed by atoms with van der Waals surface area (Å²) in [6, 6.07) is 17.3. The molecule has 3 heterocycles. The molecule has 0 saturated carbocycles. The quantitative estimate of drug-likeness (QED) is 0.248. The Hall–Kier alpha value is -3.83. The molecule has 196 valence electrons. The minimum Gasteiger partial charge on any atom is -0.486 e. The Balaban J connectivity index is 1.85. The van der Waals surface area contributed by atoms with Gasteiger partial charge in [0.25, 0.3) is 0 Å². The summed E-state index contributed by atoms with van der Waals surface area (Å²) in [5.74, 6) is -0.231. The summed E-state index contributed by atoms with van der Waals surface area (Å²) in [6.07, 6.45) is 3.77. The van der Waals surface area contributed by atoms with Crippen LogP contribution in [0.25, 0.3) is 11.0 Å². The lowest BCUT2D eigenvalue weighted by atomic mass is 9.88. The second kappa shape index (κ2) is 10.9. The molecule has 0 spiro atoms. The summed E-state index contributed by atoms with van der Waals surface area (Å²) in [7, 11) is 0. The number of rotatable bonds is 9. The van der Waals surface area contributed by atoms with Crippen LogP contribution < -0.4 is 4.74 Å². The minimum absolute atomic E-state index is 0.125. The third-order valence-electron chi connectivity index (χ3n) is 6.06. The number of fused-ring (bicyclic) bond motifs is 1. The first-order valence-electron chi connectivity index (χ1n) is 12.4. The highest BCUT2D eigenvalue weighted by Gasteiger charge is 2.33. The van der Waals surface area contributed by atoms with Gasteiger partial charge in [-0.15, -0.1) is 11.8 Å². The lowest BCUT2D eigenvalue weighted by Crippen LogP contribution is -2.28. The van der Waals surface area contributed by atoms with Gasteiger partial charge in [0.1, 0.15) is 18.0 Å². The van der Waals surface area contributed by atoms with Crippen LogP contribution in [-0.4, -0.2) is 30.4 Å². The van der Waals surface area contributed by atoms with Crippen LogP contribution >= 0.6 is 11.8 Å². The minimum atomic E-state index is -0.984. The SMILES string of the molecule is CC(C)(C)Sc1c(CC(C)(C)C(=O)O)n(Cc2ccc(C#N)cc2)c2ncc(OCc3ccccn3)cc12. The Morgan fingerprint density at radius 1 is 1.11 bits per heavy atom. The van der Waals surface area contributed by atoms with Crippen molar-refractivity contribution in [3.63, 3.8) is 0 Å². The van der Waals surface area contributed by atoms with E-state index in [4.69, 9.17) is 9.72 Å². The first-order chi connectivity index (χ1) is 18.0. The summed E-state index contributed by atoms with van der Waals surface area (Å²) in [5, 5.41) is 20.1. The van der Waals surface area contributed by atoms with Crippen LogP contribution in [0.3, 0.4) is 0 Å². The largest absolute Gasteiger partial charge is 0.486 e. The number of pyridine rings is 2. The van der Waals surface area contributed by atoms with Crippen LogP contribution in [0.5, 0.6) is 5.75 Å². The molecule has 3 aromatic heterocycles. The standard InChI is InChI=1S/C30H32N4O3S/c1-29(2,3)38-26-24-14-23(37-19-22-8-6-7-13-32-22)17-33-27(24)34(25(26)15-30(4,5)28(35)36)18-21-11-9-20(16-31)10-12-21/h6-14,17H,15,18-19H2,1-5H3,(H,35,36). The fraction of sp³-hybridized carbons (Fsp3) is 0.333. The molecule has 1 aromatic carbocycles. The Morgan fingerprint density at radius 3 is 2.45 bits per heavy atom. The first-order valence-corrected chi connectivity index (χ1v) is 13.2. The molecule has 0 unspecified atom stereocenters. The maximum absolute atomic E-state index is 12.2. The van der Waals surface area contributed by atoms with Crippen LogP contribution in [0.1, 0.15) is 57.1 Å². The van der Waals surface area contributed by atoms with E-state index in [-0.39, 0.29) is 4.75 Å². The third kappa shape index (κ3) is 6.35. The molecule has 8 heteroatoms. The molecule has 1 N–H and O–H groups in total. The van der Waals surface area contributed by atoms with E-state index in [2.05, 4.69) is 36.4 Å². The second-order valence-corrected chi connectivity index (χ2v) is 12.7. The van der Waals surface area contributed by atoms with Crippen molar-refractivity contribution in [2.75, 3.05) is 0 Å². The number of hydrogen-bond donors (Lipinski definition) is 1. The number of benzene rings is 1. The third-order valence-corrected chi connectivity index (χ3v) is 7.34. The molecule has 0 aliphatic heterocycles. The number of hydrogen-bond acceptors (Lipinski definition) is 6. The highest BCUT2D eigenvalue weighted by atomic mass is 32.2. The van der Waals surface area contributed by atoms with Crippen molar-refractivity contribution in [1.29, 1.82) is 5.26 Å². The molecule has 38 heavy (non-hydrogen) atoms. The van der Waals surface area contributed by atoms with Crippen molar-refractivity contribution in [1.82, 2.24) is 14.5 Å². The molecule has 0 saturated heterocycles. The fourth-order valence-corrected chi connectivity index (χ4v) is 5.25. The van der Waals surface area contributed by atoms with E-state index in [1.165, 1.54) is 0 Å². The molecule has 0 aliphatic carbocycles. The van der Waals surface area contributed by atoms with Crippen molar-refractivity contribution >= 4 is 28.8 Å². The lowest BCUT2D eigenvalue weighted by molar-refractivity contribution is -0.146. The summed E-state index contributed by atoms with van der Waals surface area (Å²) in [5.41, 5.74) is 3.12. The predicted molar refractivity (Wildman–Crippen MR) is 149 cm³/mol. The average Bonchev–Trinajstić information content (AvgIpc) is 3.13. The van der Waals surface area contributed by atoms with Crippen LogP contribution in [-0.2, 0) is 24.4 Å². The number of nitriles is 1. The van der Waals surface area contributed by atoms with E-state index in [0.717, 1.165) is 32.9 Å². The van der Waals surface area contributed by atoms with Gasteiger partial charge in [0, 0.05) is 39.9 Å². The van der Waals surface area contributed by atoms with E-state index in [0.29, 0.717) is 30.9 Å². The van der Waals surface area contributed by atoms with Gasteiger partial charge in [0.05, 0.1) is 28.9 Å². The van der Waals surface area contributed by atoms with Crippen molar-refractivity contribution in [3.05, 3.63) is 83.4 Å². The molecule has 0 radical (unpaired) electrons. The van der Waals surface area contributed by atoms with E-state index in [1.54, 1.807) is 50.1 Å². The lowest BCUT2D eigenvalue weighted by Gasteiger charge is -2.24. The zero-order valence-electron chi connectivity index (χ0n) is 22.4. The highest BCUT2D eigenvalue weighted by Crippen LogP contribution is 2.43. The van der Waals surface area contributed by atoms with Gasteiger partial charge in [-0.25, -0.2) is 4.98 Å². The van der Waals surface area contributed by atoms with E-state index in [9.17, 15) is 15.2 Å². The van der Waals surface area contributed by atoms with Gasteiger partial charge in [-0.3, -0.25) is 9.78 Å². The van der Waals surface area contributed by atoms with E-state index < -0.39 is 11.4 Å². The van der Waals surface area contributed by atoms with Gasteiger partial charge in [0.2, 0.25) is 0 Å². The Labute approximate surface area is 227 Å². The van der Waals surface area contributed by atoms with E-state index >= 15 is 0 Å². The summed E-state index contributed by atoms with van der Waals surface area (Å²) in [6.45, 7) is 10.7.